The first-order valence-electron chi connectivity index (χ1n) is 6.13. The molecule has 1 N–H and O–H groups in total. The Balaban J connectivity index is 1.97. The molecule has 1 atom stereocenters. The average molecular weight is 249 g/mol. The second-order valence-corrected chi connectivity index (χ2v) is 4.08. The van der Waals surface area contributed by atoms with E-state index in [4.69, 9.17) is 10.3 Å². The molecule has 0 fully saturated rings. The molecule has 1 rings (SSSR count). The maximum Gasteiger partial charge on any atom is 0.0829 e. The van der Waals surface area contributed by atoms with Gasteiger partial charge in [-0.25, -0.2) is 0 Å². The fourth-order valence-electron chi connectivity index (χ4n) is 1.58. The Hall–Kier alpha value is -1.55. The van der Waals surface area contributed by atoms with Crippen LogP contribution in [0, 0.1) is 0 Å². The number of rotatable bonds is 9. The van der Waals surface area contributed by atoms with E-state index in [9.17, 15) is 5.11 Å². The lowest BCUT2D eigenvalue weighted by Gasteiger charge is -2.08. The molecule has 0 amide bonds. The summed E-state index contributed by atoms with van der Waals surface area (Å²) in [5.41, 5.74) is 9.41. The summed E-state index contributed by atoms with van der Waals surface area (Å²) in [7, 11) is 0. The van der Waals surface area contributed by atoms with E-state index in [-0.39, 0.29) is 13.2 Å². The summed E-state index contributed by atoms with van der Waals surface area (Å²) >= 11 is 0. The third-order valence-electron chi connectivity index (χ3n) is 2.51. The van der Waals surface area contributed by atoms with Crippen molar-refractivity contribution in [3.63, 3.8) is 0 Å². The van der Waals surface area contributed by atoms with Gasteiger partial charge >= 0.3 is 0 Å². The maximum absolute atomic E-state index is 9.32. The molecule has 0 aliphatic rings. The molecule has 0 aromatic heterocycles. The van der Waals surface area contributed by atoms with Crippen LogP contribution in [0.3, 0.4) is 0 Å². The molecule has 0 aliphatic carbocycles. The van der Waals surface area contributed by atoms with Gasteiger partial charge in [-0.15, -0.1) is 0 Å². The molecule has 0 saturated carbocycles. The summed E-state index contributed by atoms with van der Waals surface area (Å²) in [5.74, 6) is 0. The van der Waals surface area contributed by atoms with E-state index in [1.807, 2.05) is 18.2 Å². The summed E-state index contributed by atoms with van der Waals surface area (Å²) < 4.78 is 5.30. The summed E-state index contributed by atoms with van der Waals surface area (Å²) in [6.45, 7) is 0.922. The number of ether oxygens (including phenoxy) is 1. The fourth-order valence-corrected chi connectivity index (χ4v) is 1.58. The monoisotopic (exact) mass is 249 g/mol. The molecule has 0 bridgehead atoms. The number of benzene rings is 1. The van der Waals surface area contributed by atoms with Crippen molar-refractivity contribution in [3.8, 4) is 0 Å². The van der Waals surface area contributed by atoms with E-state index >= 15 is 0 Å². The highest BCUT2D eigenvalue weighted by molar-refractivity contribution is 5.14. The van der Waals surface area contributed by atoms with E-state index in [1.54, 1.807) is 0 Å². The number of azide groups is 1. The normalized spacial score (nSPS) is 11.8. The van der Waals surface area contributed by atoms with Crippen molar-refractivity contribution in [2.45, 2.75) is 25.4 Å². The van der Waals surface area contributed by atoms with Gasteiger partial charge in [0.25, 0.3) is 0 Å². The van der Waals surface area contributed by atoms with E-state index in [0.29, 0.717) is 6.61 Å². The van der Waals surface area contributed by atoms with Gasteiger partial charge in [0.1, 0.15) is 0 Å². The van der Waals surface area contributed by atoms with Crippen LogP contribution in [0.4, 0.5) is 0 Å². The Morgan fingerprint density at radius 1 is 1.28 bits per heavy atom. The number of hydrogen-bond acceptors (Lipinski definition) is 3. The minimum absolute atomic E-state index is 0.0700. The van der Waals surface area contributed by atoms with Crippen molar-refractivity contribution in [3.05, 3.63) is 46.3 Å². The third-order valence-corrected chi connectivity index (χ3v) is 2.51. The smallest absolute Gasteiger partial charge is 0.0829 e. The SMILES string of the molecule is [N-]=[N+]=NCC(O)COCCCCc1ccccc1. The topological polar surface area (TPSA) is 78.2 Å². The van der Waals surface area contributed by atoms with Crippen molar-refractivity contribution in [1.82, 2.24) is 0 Å². The molecule has 1 aromatic carbocycles. The molecular formula is C13H19N3O2. The number of aliphatic hydroxyl groups is 1. The molecule has 1 unspecified atom stereocenters. The predicted octanol–water partition coefficient (Wildman–Crippen LogP) is 2.70. The summed E-state index contributed by atoms with van der Waals surface area (Å²) in [6.07, 6.45) is 2.38. The highest BCUT2D eigenvalue weighted by Crippen LogP contribution is 2.04. The first kappa shape index (κ1) is 14.5. The Bertz CT molecular complexity index is 364. The number of aryl methyl sites for hydroxylation is 1. The minimum atomic E-state index is -0.699. The fraction of sp³-hybridized carbons (Fsp3) is 0.538. The van der Waals surface area contributed by atoms with Crippen molar-refractivity contribution < 1.29 is 9.84 Å². The van der Waals surface area contributed by atoms with E-state index < -0.39 is 6.10 Å². The van der Waals surface area contributed by atoms with Crippen molar-refractivity contribution in [2.24, 2.45) is 5.11 Å². The highest BCUT2D eigenvalue weighted by atomic mass is 16.5. The molecule has 0 spiro atoms. The molecular weight excluding hydrogens is 230 g/mol. The standard InChI is InChI=1S/C13H19N3O2/c14-16-15-10-13(17)11-18-9-5-4-8-12-6-2-1-3-7-12/h1-3,6-7,13,17H,4-5,8-11H2. The molecule has 0 heterocycles. The lowest BCUT2D eigenvalue weighted by molar-refractivity contribution is 0.0399. The molecule has 0 saturated heterocycles. The van der Waals surface area contributed by atoms with Crippen molar-refractivity contribution in [2.75, 3.05) is 19.8 Å². The van der Waals surface area contributed by atoms with Crippen LogP contribution in [0.15, 0.2) is 35.4 Å². The summed E-state index contributed by atoms with van der Waals surface area (Å²) in [5, 5.41) is 12.6. The molecule has 98 valence electrons. The van der Waals surface area contributed by atoms with Crippen molar-refractivity contribution >= 4 is 0 Å². The zero-order chi connectivity index (χ0) is 13.1. The van der Waals surface area contributed by atoms with Crippen LogP contribution in [-0.2, 0) is 11.2 Å². The number of unbranched alkanes of at least 4 members (excludes halogenated alkanes) is 1. The van der Waals surface area contributed by atoms with Crippen molar-refractivity contribution in [1.29, 1.82) is 0 Å². The van der Waals surface area contributed by atoms with E-state index in [2.05, 4.69) is 22.2 Å². The van der Waals surface area contributed by atoms with Crippen LogP contribution in [0.2, 0.25) is 0 Å². The van der Waals surface area contributed by atoms with Crippen LogP contribution in [0.5, 0.6) is 0 Å². The largest absolute Gasteiger partial charge is 0.391 e. The molecule has 5 nitrogen and oxygen atoms in total. The van der Waals surface area contributed by atoms with Gasteiger partial charge in [-0.3, -0.25) is 0 Å². The van der Waals surface area contributed by atoms with Crippen LogP contribution >= 0.6 is 0 Å². The van der Waals surface area contributed by atoms with Gasteiger partial charge in [0, 0.05) is 11.5 Å². The zero-order valence-corrected chi connectivity index (χ0v) is 10.4. The first-order valence-corrected chi connectivity index (χ1v) is 6.13. The first-order chi connectivity index (χ1) is 8.83. The van der Waals surface area contributed by atoms with Gasteiger partial charge in [-0.2, -0.15) is 0 Å². The third kappa shape index (κ3) is 6.91. The molecule has 18 heavy (non-hydrogen) atoms. The Labute approximate surface area is 107 Å². The van der Waals surface area contributed by atoms with Gasteiger partial charge in [0.15, 0.2) is 0 Å². The van der Waals surface area contributed by atoms with Crippen LogP contribution < -0.4 is 0 Å². The summed E-state index contributed by atoms with van der Waals surface area (Å²) in [6, 6.07) is 10.3. The van der Waals surface area contributed by atoms with Crippen LogP contribution in [0.25, 0.3) is 10.4 Å². The number of aliphatic hydroxyl groups excluding tert-OH is 1. The van der Waals surface area contributed by atoms with E-state index in [1.165, 1.54) is 5.56 Å². The highest BCUT2D eigenvalue weighted by Gasteiger charge is 2.01. The molecule has 0 radical (unpaired) electrons. The van der Waals surface area contributed by atoms with Gasteiger partial charge in [0.05, 0.1) is 19.3 Å². The Morgan fingerprint density at radius 3 is 2.78 bits per heavy atom. The van der Waals surface area contributed by atoms with Gasteiger partial charge in [-0.05, 0) is 30.4 Å². The summed E-state index contributed by atoms with van der Waals surface area (Å²) in [4.78, 5) is 2.58. The number of nitrogens with zero attached hydrogens (tertiary/aromatic N) is 3. The lowest BCUT2D eigenvalue weighted by atomic mass is 10.1. The maximum atomic E-state index is 9.32. The molecule has 0 aliphatic heterocycles. The average Bonchev–Trinajstić information content (AvgIpc) is 2.41. The van der Waals surface area contributed by atoms with Gasteiger partial charge in [0.2, 0.25) is 0 Å². The quantitative estimate of drug-likeness (QED) is 0.316. The van der Waals surface area contributed by atoms with Gasteiger partial charge < -0.3 is 9.84 Å². The lowest BCUT2D eigenvalue weighted by Crippen LogP contribution is -2.18. The second kappa shape index (κ2) is 9.48. The predicted molar refractivity (Wildman–Crippen MR) is 70.2 cm³/mol. The van der Waals surface area contributed by atoms with E-state index in [0.717, 1.165) is 19.3 Å². The molecule has 1 aromatic rings. The molecule has 5 heteroatoms. The number of hydrogen-bond donors (Lipinski definition) is 1. The van der Waals surface area contributed by atoms with Crippen LogP contribution in [0.1, 0.15) is 18.4 Å². The minimum Gasteiger partial charge on any atom is -0.391 e. The Kier molecular flexibility index (Phi) is 7.64. The Morgan fingerprint density at radius 2 is 2.06 bits per heavy atom. The van der Waals surface area contributed by atoms with Gasteiger partial charge in [-0.1, -0.05) is 35.4 Å². The zero-order valence-electron chi connectivity index (χ0n) is 10.4. The van der Waals surface area contributed by atoms with Crippen LogP contribution in [-0.4, -0.2) is 31.0 Å². The second-order valence-electron chi connectivity index (χ2n) is 4.08.